The van der Waals surface area contributed by atoms with E-state index in [1.165, 1.54) is 32.1 Å². The van der Waals surface area contributed by atoms with Gasteiger partial charge < -0.3 is 10.6 Å². The first-order valence-corrected chi connectivity index (χ1v) is 5.37. The first kappa shape index (κ1) is 9.00. The molecule has 1 amide bonds. The minimum atomic E-state index is 0.202. The maximum Gasteiger partial charge on any atom is 0.221 e. The molecule has 1 heterocycles. The Kier molecular flexibility index (Phi) is 2.83. The predicted octanol–water partition coefficient (Wildman–Crippen LogP) is 0.797. The maximum atomic E-state index is 10.9. The lowest BCUT2D eigenvalue weighted by Gasteiger charge is -2.25. The average molecular weight is 182 g/mol. The van der Waals surface area contributed by atoms with Crippen LogP contribution < -0.4 is 10.6 Å². The topological polar surface area (TPSA) is 41.1 Å². The van der Waals surface area contributed by atoms with Crippen molar-refractivity contribution < 1.29 is 4.79 Å². The van der Waals surface area contributed by atoms with Gasteiger partial charge in [-0.25, -0.2) is 0 Å². The van der Waals surface area contributed by atoms with Gasteiger partial charge >= 0.3 is 0 Å². The molecule has 0 radical (unpaired) electrons. The molecular weight excluding hydrogens is 164 g/mol. The van der Waals surface area contributed by atoms with Crippen molar-refractivity contribution >= 4 is 5.91 Å². The number of nitrogens with one attached hydrogen (secondary N) is 2. The molecule has 3 nitrogen and oxygen atoms in total. The summed E-state index contributed by atoms with van der Waals surface area (Å²) in [6, 6.07) is 1.07. The van der Waals surface area contributed by atoms with E-state index in [1.807, 2.05) is 0 Å². The van der Waals surface area contributed by atoms with Gasteiger partial charge in [-0.15, -0.1) is 0 Å². The van der Waals surface area contributed by atoms with E-state index in [-0.39, 0.29) is 5.91 Å². The van der Waals surface area contributed by atoms with Gasteiger partial charge in [-0.05, 0) is 12.8 Å². The zero-order chi connectivity index (χ0) is 9.10. The first-order valence-electron chi connectivity index (χ1n) is 5.37. The van der Waals surface area contributed by atoms with Gasteiger partial charge in [0.2, 0.25) is 5.91 Å². The van der Waals surface area contributed by atoms with Crippen molar-refractivity contribution in [2.75, 3.05) is 6.54 Å². The number of hydrogen-bond donors (Lipinski definition) is 2. The summed E-state index contributed by atoms with van der Waals surface area (Å²) in [4.78, 5) is 10.9. The van der Waals surface area contributed by atoms with Crippen molar-refractivity contribution in [3.05, 3.63) is 0 Å². The molecule has 0 aromatic rings. The summed E-state index contributed by atoms with van der Waals surface area (Å²) in [5.41, 5.74) is 0. The van der Waals surface area contributed by atoms with Crippen molar-refractivity contribution in [3.63, 3.8) is 0 Å². The Morgan fingerprint density at radius 1 is 1.15 bits per heavy atom. The second kappa shape index (κ2) is 4.09. The molecule has 1 aliphatic heterocycles. The van der Waals surface area contributed by atoms with Crippen LogP contribution in [0.1, 0.15) is 38.5 Å². The molecule has 13 heavy (non-hydrogen) atoms. The highest BCUT2D eigenvalue weighted by molar-refractivity contribution is 5.78. The van der Waals surface area contributed by atoms with E-state index in [0.717, 1.165) is 6.54 Å². The number of rotatable bonds is 2. The minimum Gasteiger partial charge on any atom is -0.354 e. The second-order valence-corrected chi connectivity index (χ2v) is 4.21. The van der Waals surface area contributed by atoms with Crippen LogP contribution in [0.2, 0.25) is 0 Å². The first-order chi connectivity index (χ1) is 6.34. The Balaban J connectivity index is 1.73. The van der Waals surface area contributed by atoms with Crippen LogP contribution in [-0.2, 0) is 4.79 Å². The zero-order valence-electron chi connectivity index (χ0n) is 8.01. The Hall–Kier alpha value is -0.570. The van der Waals surface area contributed by atoms with E-state index >= 15 is 0 Å². The summed E-state index contributed by atoms with van der Waals surface area (Å²) in [5, 5.41) is 6.42. The van der Waals surface area contributed by atoms with Crippen LogP contribution >= 0.6 is 0 Å². The van der Waals surface area contributed by atoms with Crippen LogP contribution in [0.4, 0.5) is 0 Å². The van der Waals surface area contributed by atoms with Crippen molar-refractivity contribution in [1.82, 2.24) is 10.6 Å². The second-order valence-electron chi connectivity index (χ2n) is 4.21. The van der Waals surface area contributed by atoms with Crippen molar-refractivity contribution in [3.8, 4) is 0 Å². The molecule has 3 heteroatoms. The summed E-state index contributed by atoms with van der Waals surface area (Å²) in [6.07, 6.45) is 7.36. The predicted molar refractivity (Wildman–Crippen MR) is 51.4 cm³/mol. The van der Waals surface area contributed by atoms with Gasteiger partial charge in [0.25, 0.3) is 0 Å². The van der Waals surface area contributed by atoms with Crippen LogP contribution in [0, 0.1) is 0 Å². The van der Waals surface area contributed by atoms with Gasteiger partial charge in [0, 0.05) is 25.0 Å². The van der Waals surface area contributed by atoms with Crippen LogP contribution in [0.5, 0.6) is 0 Å². The van der Waals surface area contributed by atoms with Crippen molar-refractivity contribution in [1.29, 1.82) is 0 Å². The lowest BCUT2D eigenvalue weighted by Crippen LogP contribution is -2.40. The van der Waals surface area contributed by atoms with E-state index in [4.69, 9.17) is 0 Å². The highest BCUT2D eigenvalue weighted by atomic mass is 16.1. The fourth-order valence-corrected chi connectivity index (χ4v) is 2.33. The molecule has 2 fully saturated rings. The summed E-state index contributed by atoms with van der Waals surface area (Å²) < 4.78 is 0. The van der Waals surface area contributed by atoms with Gasteiger partial charge in [0.1, 0.15) is 0 Å². The SMILES string of the molecule is O=C1CC(NC2CCCCC2)CN1. The molecule has 0 aromatic heterocycles. The average Bonchev–Trinajstić information content (AvgIpc) is 2.53. The fraction of sp³-hybridized carbons (Fsp3) is 0.900. The smallest absolute Gasteiger partial charge is 0.221 e. The quantitative estimate of drug-likeness (QED) is 0.663. The Morgan fingerprint density at radius 2 is 1.92 bits per heavy atom. The van der Waals surface area contributed by atoms with Gasteiger partial charge in [-0.3, -0.25) is 4.79 Å². The third kappa shape index (κ3) is 2.44. The zero-order valence-corrected chi connectivity index (χ0v) is 8.01. The molecule has 0 spiro atoms. The van der Waals surface area contributed by atoms with Crippen LogP contribution in [0.25, 0.3) is 0 Å². The van der Waals surface area contributed by atoms with Gasteiger partial charge in [-0.2, -0.15) is 0 Å². The molecule has 1 saturated heterocycles. The summed E-state index contributed by atoms with van der Waals surface area (Å²) in [6.45, 7) is 0.829. The van der Waals surface area contributed by atoms with E-state index in [0.29, 0.717) is 18.5 Å². The number of amides is 1. The minimum absolute atomic E-state index is 0.202. The van der Waals surface area contributed by atoms with E-state index < -0.39 is 0 Å². The Labute approximate surface area is 79.3 Å². The molecule has 1 unspecified atom stereocenters. The van der Waals surface area contributed by atoms with Gasteiger partial charge in [0.15, 0.2) is 0 Å². The monoisotopic (exact) mass is 182 g/mol. The molecule has 0 aromatic carbocycles. The number of hydrogen-bond acceptors (Lipinski definition) is 2. The van der Waals surface area contributed by atoms with Crippen LogP contribution in [0.3, 0.4) is 0 Å². The Morgan fingerprint density at radius 3 is 2.54 bits per heavy atom. The molecule has 1 saturated carbocycles. The summed E-state index contributed by atoms with van der Waals surface area (Å²) in [7, 11) is 0. The third-order valence-corrected chi connectivity index (χ3v) is 3.05. The van der Waals surface area contributed by atoms with E-state index in [9.17, 15) is 4.79 Å². The van der Waals surface area contributed by atoms with Gasteiger partial charge in [0.05, 0.1) is 0 Å². The molecular formula is C10H18N2O. The highest BCUT2D eigenvalue weighted by Crippen LogP contribution is 2.18. The van der Waals surface area contributed by atoms with Gasteiger partial charge in [-0.1, -0.05) is 19.3 Å². The highest BCUT2D eigenvalue weighted by Gasteiger charge is 2.24. The molecule has 2 N–H and O–H groups in total. The lowest BCUT2D eigenvalue weighted by atomic mass is 9.95. The molecule has 74 valence electrons. The van der Waals surface area contributed by atoms with E-state index in [1.54, 1.807) is 0 Å². The maximum absolute atomic E-state index is 10.9. The molecule has 1 atom stereocenters. The standard InChI is InChI=1S/C10H18N2O/c13-10-6-9(7-11-10)12-8-4-2-1-3-5-8/h8-9,12H,1-7H2,(H,11,13). The fourth-order valence-electron chi connectivity index (χ4n) is 2.33. The van der Waals surface area contributed by atoms with Crippen LogP contribution in [0.15, 0.2) is 0 Å². The Bertz CT molecular complexity index is 187. The summed E-state index contributed by atoms with van der Waals surface area (Å²) >= 11 is 0. The molecule has 2 rings (SSSR count). The largest absolute Gasteiger partial charge is 0.354 e. The van der Waals surface area contributed by atoms with Crippen LogP contribution in [-0.4, -0.2) is 24.5 Å². The van der Waals surface area contributed by atoms with E-state index in [2.05, 4.69) is 10.6 Å². The molecule has 0 bridgehead atoms. The molecule has 1 aliphatic carbocycles. The normalized spacial score (nSPS) is 30.5. The number of carbonyl (C=O) groups is 1. The lowest BCUT2D eigenvalue weighted by molar-refractivity contribution is -0.119. The molecule has 2 aliphatic rings. The number of carbonyl (C=O) groups excluding carboxylic acids is 1. The third-order valence-electron chi connectivity index (χ3n) is 3.05. The van der Waals surface area contributed by atoms with Crippen molar-refractivity contribution in [2.24, 2.45) is 0 Å². The van der Waals surface area contributed by atoms with Crippen molar-refractivity contribution in [2.45, 2.75) is 50.6 Å². The summed E-state index contributed by atoms with van der Waals surface area (Å²) in [5.74, 6) is 0.202.